The molecular formula is C12H16N4S2. The molecular weight excluding hydrogens is 264 g/mol. The fourth-order valence-electron chi connectivity index (χ4n) is 1.67. The normalized spacial score (nSPS) is 10.8. The fourth-order valence-corrected chi connectivity index (χ4v) is 2.62. The summed E-state index contributed by atoms with van der Waals surface area (Å²) < 4.78 is 2.63. The summed E-state index contributed by atoms with van der Waals surface area (Å²) in [4.78, 5) is 2.18. The highest BCUT2D eigenvalue weighted by atomic mass is 32.1. The smallest absolute Gasteiger partial charge is 0.204 e. The Balaban J connectivity index is 2.00. The molecule has 0 unspecified atom stereocenters. The third-order valence-electron chi connectivity index (χ3n) is 2.49. The molecule has 1 heterocycles. The number of hydrogen-bond acceptors (Lipinski definition) is 5. The lowest BCUT2D eigenvalue weighted by molar-refractivity contribution is 0.245. The maximum Gasteiger partial charge on any atom is 0.204 e. The second-order valence-corrected chi connectivity index (χ2v) is 5.69. The van der Waals surface area contributed by atoms with Crippen molar-refractivity contribution in [2.24, 2.45) is 0 Å². The van der Waals surface area contributed by atoms with Crippen molar-refractivity contribution in [3.05, 3.63) is 39.8 Å². The maximum atomic E-state index is 5.27. The highest BCUT2D eigenvalue weighted by molar-refractivity contribution is 7.73. The lowest BCUT2D eigenvalue weighted by Gasteiger charge is -2.16. The standard InChI is InChI=1S/C12H16N4S2/c1-13-11-14-16(12(17)18-11)9-15(2)8-10-6-4-3-5-7-10/h3-7H,8-9H2,1-2H3,(H,13,14). The summed E-state index contributed by atoms with van der Waals surface area (Å²) in [6.45, 7) is 1.58. The first-order chi connectivity index (χ1) is 8.69. The molecule has 0 bridgehead atoms. The molecule has 1 aromatic carbocycles. The highest BCUT2D eigenvalue weighted by Crippen LogP contribution is 2.14. The number of benzene rings is 1. The van der Waals surface area contributed by atoms with Crippen LogP contribution in [0.15, 0.2) is 30.3 Å². The Bertz CT molecular complexity index is 547. The number of nitrogens with zero attached hydrogens (tertiary/aromatic N) is 3. The molecule has 0 aliphatic heterocycles. The summed E-state index contributed by atoms with van der Waals surface area (Å²) in [6.07, 6.45) is 0. The first-order valence-corrected chi connectivity index (χ1v) is 6.89. The molecule has 96 valence electrons. The predicted molar refractivity (Wildman–Crippen MR) is 78.4 cm³/mol. The van der Waals surface area contributed by atoms with Crippen molar-refractivity contribution in [1.82, 2.24) is 14.7 Å². The third-order valence-corrected chi connectivity index (χ3v) is 3.82. The Morgan fingerprint density at radius 2 is 2.11 bits per heavy atom. The molecule has 0 amide bonds. The van der Waals surface area contributed by atoms with Crippen molar-refractivity contribution in [2.45, 2.75) is 13.2 Å². The Hall–Kier alpha value is -1.24. The van der Waals surface area contributed by atoms with E-state index in [0.717, 1.165) is 15.6 Å². The molecule has 1 aromatic heterocycles. The van der Waals surface area contributed by atoms with E-state index in [-0.39, 0.29) is 0 Å². The Morgan fingerprint density at radius 3 is 2.72 bits per heavy atom. The first kappa shape index (κ1) is 13.2. The summed E-state index contributed by atoms with van der Waals surface area (Å²) in [5, 5.41) is 8.26. The second kappa shape index (κ2) is 6.08. The zero-order valence-corrected chi connectivity index (χ0v) is 12.1. The molecule has 0 atom stereocenters. The van der Waals surface area contributed by atoms with E-state index in [0.29, 0.717) is 6.67 Å². The van der Waals surface area contributed by atoms with Gasteiger partial charge in [0.1, 0.15) is 0 Å². The van der Waals surface area contributed by atoms with Crippen LogP contribution in [0.4, 0.5) is 5.13 Å². The van der Waals surface area contributed by atoms with Crippen LogP contribution in [0.1, 0.15) is 5.56 Å². The van der Waals surface area contributed by atoms with Gasteiger partial charge in [0.2, 0.25) is 5.13 Å². The van der Waals surface area contributed by atoms with Crippen LogP contribution in [-0.4, -0.2) is 28.8 Å². The van der Waals surface area contributed by atoms with Crippen molar-refractivity contribution < 1.29 is 0 Å². The third kappa shape index (κ3) is 3.38. The van der Waals surface area contributed by atoms with Crippen LogP contribution in [-0.2, 0) is 13.2 Å². The molecule has 1 N–H and O–H groups in total. The van der Waals surface area contributed by atoms with E-state index in [1.807, 2.05) is 17.8 Å². The van der Waals surface area contributed by atoms with Gasteiger partial charge in [-0.1, -0.05) is 41.7 Å². The highest BCUT2D eigenvalue weighted by Gasteiger charge is 2.05. The molecule has 0 saturated heterocycles. The Labute approximate surface area is 116 Å². The van der Waals surface area contributed by atoms with E-state index in [9.17, 15) is 0 Å². The quantitative estimate of drug-likeness (QED) is 0.854. The lowest BCUT2D eigenvalue weighted by atomic mass is 10.2. The SMILES string of the molecule is CNc1nn(CN(C)Cc2ccccc2)c(=S)s1. The Morgan fingerprint density at radius 1 is 1.39 bits per heavy atom. The zero-order valence-electron chi connectivity index (χ0n) is 10.5. The number of aromatic nitrogens is 2. The molecule has 2 aromatic rings. The molecule has 6 heteroatoms. The summed E-state index contributed by atoms with van der Waals surface area (Å²) in [6, 6.07) is 10.4. The number of nitrogens with one attached hydrogen (secondary N) is 1. The molecule has 0 saturated carbocycles. The summed E-state index contributed by atoms with van der Waals surface area (Å²) in [5.41, 5.74) is 1.29. The van der Waals surface area contributed by atoms with Gasteiger partial charge in [0.25, 0.3) is 0 Å². The minimum absolute atomic E-state index is 0.700. The van der Waals surface area contributed by atoms with Gasteiger partial charge in [-0.3, -0.25) is 4.90 Å². The molecule has 0 fully saturated rings. The van der Waals surface area contributed by atoms with E-state index in [1.165, 1.54) is 16.9 Å². The van der Waals surface area contributed by atoms with Crippen LogP contribution in [0.2, 0.25) is 0 Å². The van der Waals surface area contributed by atoms with Gasteiger partial charge in [0, 0.05) is 13.6 Å². The predicted octanol–water partition coefficient (Wildman–Crippen LogP) is 2.81. The van der Waals surface area contributed by atoms with E-state index >= 15 is 0 Å². The molecule has 2 rings (SSSR count). The second-order valence-electron chi connectivity index (χ2n) is 4.06. The molecule has 4 nitrogen and oxygen atoms in total. The largest absolute Gasteiger partial charge is 0.363 e. The minimum Gasteiger partial charge on any atom is -0.363 e. The van der Waals surface area contributed by atoms with Gasteiger partial charge >= 0.3 is 0 Å². The van der Waals surface area contributed by atoms with Crippen LogP contribution in [0.3, 0.4) is 0 Å². The molecule has 0 aliphatic rings. The fraction of sp³-hybridized carbons (Fsp3) is 0.333. The van der Waals surface area contributed by atoms with E-state index in [4.69, 9.17) is 12.2 Å². The Kier molecular flexibility index (Phi) is 4.46. The van der Waals surface area contributed by atoms with E-state index < -0.39 is 0 Å². The molecule has 18 heavy (non-hydrogen) atoms. The molecule has 0 aliphatic carbocycles. The maximum absolute atomic E-state index is 5.27. The molecule has 0 radical (unpaired) electrons. The van der Waals surface area contributed by atoms with Crippen molar-refractivity contribution in [2.75, 3.05) is 19.4 Å². The van der Waals surface area contributed by atoms with Gasteiger partial charge in [0.05, 0.1) is 6.67 Å². The average Bonchev–Trinajstić information content (AvgIpc) is 2.71. The number of rotatable bonds is 5. The first-order valence-electron chi connectivity index (χ1n) is 5.67. The molecule has 0 spiro atoms. The van der Waals surface area contributed by atoms with Gasteiger partial charge < -0.3 is 5.32 Å². The zero-order chi connectivity index (χ0) is 13.0. The van der Waals surface area contributed by atoms with Crippen molar-refractivity contribution >= 4 is 28.7 Å². The van der Waals surface area contributed by atoms with Crippen LogP contribution in [0, 0.1) is 3.95 Å². The van der Waals surface area contributed by atoms with Crippen LogP contribution in [0.25, 0.3) is 0 Å². The van der Waals surface area contributed by atoms with Crippen molar-refractivity contribution in [1.29, 1.82) is 0 Å². The van der Waals surface area contributed by atoms with Gasteiger partial charge in [-0.2, -0.15) is 0 Å². The average molecular weight is 280 g/mol. The van der Waals surface area contributed by atoms with Gasteiger partial charge in [0.15, 0.2) is 3.95 Å². The lowest BCUT2D eigenvalue weighted by Crippen LogP contribution is -2.22. The number of hydrogen-bond donors (Lipinski definition) is 1. The topological polar surface area (TPSA) is 33.1 Å². The van der Waals surface area contributed by atoms with E-state index in [1.54, 1.807) is 0 Å². The van der Waals surface area contributed by atoms with Crippen molar-refractivity contribution in [3.8, 4) is 0 Å². The summed E-state index contributed by atoms with van der Waals surface area (Å²) in [7, 11) is 3.92. The van der Waals surface area contributed by atoms with Crippen molar-refractivity contribution in [3.63, 3.8) is 0 Å². The number of anilines is 1. The minimum atomic E-state index is 0.700. The van der Waals surface area contributed by atoms with Gasteiger partial charge in [-0.25, -0.2) is 4.68 Å². The monoisotopic (exact) mass is 280 g/mol. The summed E-state index contributed by atoms with van der Waals surface area (Å²) in [5.74, 6) is 0. The van der Waals surface area contributed by atoms with Crippen LogP contribution < -0.4 is 5.32 Å². The van der Waals surface area contributed by atoms with E-state index in [2.05, 4.69) is 46.6 Å². The van der Waals surface area contributed by atoms with Crippen LogP contribution >= 0.6 is 23.6 Å². The van der Waals surface area contributed by atoms with Crippen LogP contribution in [0.5, 0.6) is 0 Å². The van der Waals surface area contributed by atoms with Gasteiger partial charge in [-0.05, 0) is 24.8 Å². The van der Waals surface area contributed by atoms with Gasteiger partial charge in [-0.15, -0.1) is 5.10 Å². The summed E-state index contributed by atoms with van der Waals surface area (Å²) >= 11 is 6.77.